The van der Waals surface area contributed by atoms with Crippen molar-refractivity contribution in [2.45, 2.75) is 25.6 Å². The molecule has 5 nitrogen and oxygen atoms in total. The minimum absolute atomic E-state index is 0.0629. The fraction of sp³-hybridized carbons (Fsp3) is 0.562. The van der Waals surface area contributed by atoms with Crippen LogP contribution in [0.5, 0.6) is 0 Å². The Morgan fingerprint density at radius 3 is 2.57 bits per heavy atom. The van der Waals surface area contributed by atoms with E-state index < -0.39 is 5.60 Å². The molecule has 0 bridgehead atoms. The fourth-order valence-corrected chi connectivity index (χ4v) is 2.37. The minimum atomic E-state index is -0.761. The van der Waals surface area contributed by atoms with Gasteiger partial charge in [-0.2, -0.15) is 0 Å². The first-order valence-corrected chi connectivity index (χ1v) is 7.35. The molecule has 116 valence electrons. The van der Waals surface area contributed by atoms with E-state index in [1.165, 1.54) is 5.56 Å². The highest BCUT2D eigenvalue weighted by molar-refractivity contribution is 5.85. The number of nitrogens with zero attached hydrogens (tertiary/aromatic N) is 1. The molecule has 1 fully saturated rings. The zero-order valence-electron chi connectivity index (χ0n) is 13.1. The molecule has 1 aliphatic heterocycles. The highest BCUT2D eigenvalue weighted by Crippen LogP contribution is 2.13. The topological polar surface area (TPSA) is 53.6 Å². The van der Waals surface area contributed by atoms with Crippen LogP contribution >= 0.6 is 0 Å². The summed E-state index contributed by atoms with van der Waals surface area (Å²) >= 11 is 0. The lowest BCUT2D eigenvalue weighted by atomic mass is 10.0. The average Bonchev–Trinajstić information content (AvgIpc) is 2.46. The van der Waals surface area contributed by atoms with Crippen molar-refractivity contribution in [2.75, 3.05) is 33.8 Å². The van der Waals surface area contributed by atoms with Gasteiger partial charge in [-0.3, -0.25) is 4.79 Å². The van der Waals surface area contributed by atoms with Gasteiger partial charge in [-0.25, -0.2) is 0 Å². The number of hydrogen-bond acceptors (Lipinski definition) is 4. The summed E-state index contributed by atoms with van der Waals surface area (Å²) in [6, 6.07) is 8.31. The van der Waals surface area contributed by atoms with E-state index in [0.717, 1.165) is 18.7 Å². The summed E-state index contributed by atoms with van der Waals surface area (Å²) in [5, 5.41) is 6.14. The number of ether oxygens (including phenoxy) is 1. The summed E-state index contributed by atoms with van der Waals surface area (Å²) in [7, 11) is 4.10. The van der Waals surface area contributed by atoms with Gasteiger partial charge in [-0.05, 0) is 32.1 Å². The van der Waals surface area contributed by atoms with Crippen molar-refractivity contribution in [3.8, 4) is 0 Å². The highest BCUT2D eigenvalue weighted by Gasteiger charge is 2.35. The van der Waals surface area contributed by atoms with Crippen LogP contribution in [0.2, 0.25) is 0 Å². The van der Waals surface area contributed by atoms with Crippen molar-refractivity contribution in [3.05, 3.63) is 35.4 Å². The third-order valence-corrected chi connectivity index (χ3v) is 3.62. The molecule has 0 saturated carbocycles. The number of rotatable bonds is 5. The summed E-state index contributed by atoms with van der Waals surface area (Å²) in [5.41, 5.74) is 1.60. The number of morpholine rings is 1. The molecule has 1 unspecified atom stereocenters. The van der Waals surface area contributed by atoms with Crippen LogP contribution < -0.4 is 10.6 Å². The maximum atomic E-state index is 12.2. The molecule has 1 aromatic carbocycles. The molecular formula is C16H25N3O2. The van der Waals surface area contributed by atoms with E-state index in [9.17, 15) is 4.79 Å². The normalized spacial score (nSPS) is 22.3. The molecule has 21 heavy (non-hydrogen) atoms. The molecule has 2 rings (SSSR count). The third-order valence-electron chi connectivity index (χ3n) is 3.62. The molecule has 0 spiro atoms. The smallest absolute Gasteiger partial charge is 0.253 e. The Hall–Kier alpha value is -1.43. The summed E-state index contributed by atoms with van der Waals surface area (Å²) in [5.74, 6) is -0.0629. The van der Waals surface area contributed by atoms with E-state index in [2.05, 4.69) is 39.8 Å². The monoisotopic (exact) mass is 291 g/mol. The van der Waals surface area contributed by atoms with Crippen LogP contribution in [0.3, 0.4) is 0 Å². The van der Waals surface area contributed by atoms with Gasteiger partial charge in [-0.1, -0.05) is 24.3 Å². The second kappa shape index (κ2) is 7.02. The quantitative estimate of drug-likeness (QED) is 0.840. The van der Waals surface area contributed by atoms with Crippen molar-refractivity contribution in [2.24, 2.45) is 0 Å². The van der Waals surface area contributed by atoms with Gasteiger partial charge in [0.05, 0.1) is 6.61 Å². The number of hydrogen-bond donors (Lipinski definition) is 2. The SMILES string of the molecule is CN(C)Cc1ccc(CNC(=O)C2(C)CNCCO2)cc1. The number of benzene rings is 1. The number of nitrogens with one attached hydrogen (secondary N) is 2. The molecule has 1 amide bonds. The Kier molecular flexibility index (Phi) is 5.33. The van der Waals surface area contributed by atoms with Gasteiger partial charge in [0, 0.05) is 26.2 Å². The maximum Gasteiger partial charge on any atom is 0.253 e. The zero-order chi connectivity index (χ0) is 15.3. The van der Waals surface area contributed by atoms with E-state index in [1.54, 1.807) is 0 Å². The van der Waals surface area contributed by atoms with E-state index in [1.807, 2.05) is 21.0 Å². The molecule has 0 radical (unpaired) electrons. The first-order chi connectivity index (χ1) is 9.99. The number of amides is 1. The summed E-state index contributed by atoms with van der Waals surface area (Å²) in [4.78, 5) is 14.4. The van der Waals surface area contributed by atoms with Gasteiger partial charge in [0.25, 0.3) is 5.91 Å². The van der Waals surface area contributed by atoms with Crippen molar-refractivity contribution >= 4 is 5.91 Å². The largest absolute Gasteiger partial charge is 0.363 e. The lowest BCUT2D eigenvalue weighted by Gasteiger charge is -2.32. The van der Waals surface area contributed by atoms with Crippen LogP contribution in [-0.2, 0) is 22.6 Å². The summed E-state index contributed by atoms with van der Waals surface area (Å²) in [6.45, 7) is 5.21. The Balaban J connectivity index is 1.86. The first kappa shape index (κ1) is 15.9. The van der Waals surface area contributed by atoms with Crippen LogP contribution in [0.4, 0.5) is 0 Å². The Morgan fingerprint density at radius 2 is 2.00 bits per heavy atom. The zero-order valence-corrected chi connectivity index (χ0v) is 13.1. The molecule has 1 aliphatic rings. The van der Waals surface area contributed by atoms with E-state index in [4.69, 9.17) is 4.74 Å². The Bertz CT molecular complexity index is 465. The van der Waals surface area contributed by atoms with Gasteiger partial charge in [0.1, 0.15) is 0 Å². The lowest BCUT2D eigenvalue weighted by molar-refractivity contribution is -0.148. The molecule has 0 aliphatic carbocycles. The van der Waals surface area contributed by atoms with Gasteiger partial charge in [-0.15, -0.1) is 0 Å². The lowest BCUT2D eigenvalue weighted by Crippen LogP contribution is -2.56. The second-order valence-corrected chi connectivity index (χ2v) is 5.99. The van der Waals surface area contributed by atoms with Crippen molar-refractivity contribution < 1.29 is 9.53 Å². The van der Waals surface area contributed by atoms with E-state index in [-0.39, 0.29) is 5.91 Å². The summed E-state index contributed by atoms with van der Waals surface area (Å²) < 4.78 is 5.60. The van der Waals surface area contributed by atoms with E-state index in [0.29, 0.717) is 19.7 Å². The molecule has 2 N–H and O–H groups in total. The van der Waals surface area contributed by atoms with Crippen LogP contribution in [0.15, 0.2) is 24.3 Å². The van der Waals surface area contributed by atoms with Crippen LogP contribution in [0.25, 0.3) is 0 Å². The van der Waals surface area contributed by atoms with Crippen LogP contribution in [-0.4, -0.2) is 50.2 Å². The van der Waals surface area contributed by atoms with Crippen molar-refractivity contribution in [3.63, 3.8) is 0 Å². The first-order valence-electron chi connectivity index (χ1n) is 7.35. The van der Waals surface area contributed by atoms with Gasteiger partial charge in [0.15, 0.2) is 5.60 Å². The predicted molar refractivity (Wildman–Crippen MR) is 82.9 cm³/mol. The Labute approximate surface area is 126 Å². The van der Waals surface area contributed by atoms with Crippen molar-refractivity contribution in [1.29, 1.82) is 0 Å². The maximum absolute atomic E-state index is 12.2. The molecule has 1 aromatic rings. The summed E-state index contributed by atoms with van der Waals surface area (Å²) in [6.07, 6.45) is 0. The van der Waals surface area contributed by atoms with Crippen LogP contribution in [0, 0.1) is 0 Å². The fourth-order valence-electron chi connectivity index (χ4n) is 2.37. The van der Waals surface area contributed by atoms with Gasteiger partial charge in [0.2, 0.25) is 0 Å². The molecule has 1 heterocycles. The molecule has 1 atom stereocenters. The predicted octanol–water partition coefficient (Wildman–Crippen LogP) is 0.743. The molecular weight excluding hydrogens is 266 g/mol. The van der Waals surface area contributed by atoms with E-state index >= 15 is 0 Å². The standard InChI is InChI=1S/C16H25N3O2/c1-16(12-17-8-9-21-16)15(20)18-10-13-4-6-14(7-5-13)11-19(2)3/h4-7,17H,8-12H2,1-3H3,(H,18,20). The second-order valence-electron chi connectivity index (χ2n) is 5.99. The highest BCUT2D eigenvalue weighted by atomic mass is 16.5. The molecule has 1 saturated heterocycles. The van der Waals surface area contributed by atoms with Gasteiger partial charge >= 0.3 is 0 Å². The molecule has 5 heteroatoms. The van der Waals surface area contributed by atoms with Gasteiger partial charge < -0.3 is 20.3 Å². The number of carbonyl (C=O) groups excluding carboxylic acids is 1. The minimum Gasteiger partial charge on any atom is -0.363 e. The average molecular weight is 291 g/mol. The third kappa shape index (κ3) is 4.52. The number of carbonyl (C=O) groups is 1. The van der Waals surface area contributed by atoms with Crippen LogP contribution in [0.1, 0.15) is 18.1 Å². The molecule has 0 aromatic heterocycles. The van der Waals surface area contributed by atoms with Crippen molar-refractivity contribution in [1.82, 2.24) is 15.5 Å². The Morgan fingerprint density at radius 1 is 1.33 bits per heavy atom.